The molecule has 24 heavy (non-hydrogen) atoms. The van der Waals surface area contributed by atoms with Crippen LogP contribution in [0, 0.1) is 0 Å². The number of benzene rings is 3. The van der Waals surface area contributed by atoms with Crippen LogP contribution in [0.25, 0.3) is 0 Å². The first-order chi connectivity index (χ1) is 11.4. The Morgan fingerprint density at radius 3 is 1.29 bits per heavy atom. The smallest absolute Gasteiger partial charge is 0.147 e. The van der Waals surface area contributed by atoms with Crippen LogP contribution in [-0.2, 0) is 4.74 Å². The summed E-state index contributed by atoms with van der Waals surface area (Å²) in [6.07, 6.45) is 0.797. The molecule has 1 unspecified atom stereocenters. The van der Waals surface area contributed by atoms with E-state index in [9.17, 15) is 0 Å². The van der Waals surface area contributed by atoms with Gasteiger partial charge in [0.1, 0.15) is 0 Å². The van der Waals surface area contributed by atoms with Gasteiger partial charge in [-0.05, 0) is 0 Å². The van der Waals surface area contributed by atoms with Crippen LogP contribution in [0.1, 0.15) is 0 Å². The summed E-state index contributed by atoms with van der Waals surface area (Å²) in [6.45, 7) is -2.04. The second-order valence-electron chi connectivity index (χ2n) is 5.46. The van der Waals surface area contributed by atoms with Gasteiger partial charge in [-0.1, -0.05) is 0 Å². The maximum Gasteiger partial charge on any atom is -0.147 e. The van der Waals surface area contributed by atoms with E-state index in [0.29, 0.717) is 0 Å². The van der Waals surface area contributed by atoms with Gasteiger partial charge >= 0.3 is 140 Å². The molecule has 3 aromatic rings. The molecular formula is C20H23ClOP2. The van der Waals surface area contributed by atoms with Gasteiger partial charge in [0.25, 0.3) is 0 Å². The van der Waals surface area contributed by atoms with Gasteiger partial charge in [-0.15, -0.1) is 12.4 Å². The zero-order valence-electron chi connectivity index (χ0n) is 13.7. The minimum absolute atomic E-state index is 0. The summed E-state index contributed by atoms with van der Waals surface area (Å²) >= 11 is 0. The SMILES string of the molecule is COCP[PH](c1ccccc1)(c1ccccc1)c1ccccc1.Cl. The standard InChI is InChI=1S/C20H22OP2.ClH/c1-21-17-22-23(18-11-5-2-6-12-18,19-13-7-3-8-14-19)20-15-9-4-10-16-20;/h2-16,22-23H,17H2,1H3;1H. The molecule has 0 fully saturated rings. The van der Waals surface area contributed by atoms with E-state index in [-0.39, 0.29) is 12.4 Å². The van der Waals surface area contributed by atoms with Crippen LogP contribution in [-0.4, -0.2) is 13.5 Å². The number of halogens is 1. The Morgan fingerprint density at radius 2 is 1.00 bits per heavy atom. The van der Waals surface area contributed by atoms with Crippen molar-refractivity contribution in [1.82, 2.24) is 0 Å². The number of hydrogen-bond donors (Lipinski definition) is 0. The Balaban J connectivity index is 0.00000208. The molecule has 0 aromatic heterocycles. The molecule has 0 heterocycles. The molecule has 4 heteroatoms. The van der Waals surface area contributed by atoms with E-state index in [2.05, 4.69) is 91.0 Å². The number of ether oxygens (including phenoxy) is 1. The van der Waals surface area contributed by atoms with Crippen molar-refractivity contribution < 1.29 is 4.74 Å². The van der Waals surface area contributed by atoms with Crippen molar-refractivity contribution in [2.45, 2.75) is 0 Å². The van der Waals surface area contributed by atoms with Crippen molar-refractivity contribution in [2.24, 2.45) is 0 Å². The Hall–Kier alpha value is -1.23. The third kappa shape index (κ3) is 3.88. The molecule has 0 radical (unpaired) electrons. The van der Waals surface area contributed by atoms with Crippen molar-refractivity contribution in [1.29, 1.82) is 0 Å². The first kappa shape index (κ1) is 19.1. The number of methoxy groups -OCH3 is 1. The molecular weight excluding hydrogens is 354 g/mol. The molecule has 0 aliphatic rings. The molecule has 0 N–H and O–H groups in total. The maximum absolute atomic E-state index is 5.51. The molecule has 3 rings (SSSR count). The minimum Gasteiger partial charge on any atom is -0.147 e. The molecule has 0 aliphatic carbocycles. The van der Waals surface area contributed by atoms with E-state index in [1.54, 1.807) is 7.11 Å². The topological polar surface area (TPSA) is 9.23 Å². The summed E-state index contributed by atoms with van der Waals surface area (Å²) in [5, 5.41) is 4.35. The van der Waals surface area contributed by atoms with Gasteiger partial charge < -0.3 is 0 Å². The summed E-state index contributed by atoms with van der Waals surface area (Å²) in [6, 6.07) is 32.9. The van der Waals surface area contributed by atoms with Crippen LogP contribution in [0.2, 0.25) is 0 Å². The summed E-state index contributed by atoms with van der Waals surface area (Å²) in [7, 11) is 2.54. The van der Waals surface area contributed by atoms with Gasteiger partial charge in [-0.2, -0.15) is 0 Å². The Labute approximate surface area is 152 Å². The van der Waals surface area contributed by atoms with Gasteiger partial charge in [0.15, 0.2) is 0 Å². The van der Waals surface area contributed by atoms with Crippen LogP contribution in [0.3, 0.4) is 0 Å². The van der Waals surface area contributed by atoms with Crippen LogP contribution in [0.5, 0.6) is 0 Å². The predicted octanol–water partition coefficient (Wildman–Crippen LogP) is 4.33. The maximum atomic E-state index is 5.51. The number of hydrogen-bond acceptors (Lipinski definition) is 1. The second kappa shape index (κ2) is 9.30. The average molecular weight is 377 g/mol. The second-order valence-corrected chi connectivity index (χ2v) is 12.6. The quantitative estimate of drug-likeness (QED) is 0.582. The zero-order chi connectivity index (χ0) is 16.0. The summed E-state index contributed by atoms with van der Waals surface area (Å²) in [5.41, 5.74) is 0. The van der Waals surface area contributed by atoms with Crippen LogP contribution in [0.15, 0.2) is 91.0 Å². The van der Waals surface area contributed by atoms with Crippen molar-refractivity contribution in [3.8, 4) is 0 Å². The van der Waals surface area contributed by atoms with E-state index in [4.69, 9.17) is 4.74 Å². The van der Waals surface area contributed by atoms with Gasteiger partial charge in [-0.25, -0.2) is 0 Å². The molecule has 0 amide bonds. The van der Waals surface area contributed by atoms with E-state index < -0.39 is 6.95 Å². The molecule has 0 saturated carbocycles. The third-order valence-corrected chi connectivity index (χ3v) is 13.3. The first-order valence-electron chi connectivity index (χ1n) is 7.78. The normalized spacial score (nSPS) is 12.0. The average Bonchev–Trinajstić information content (AvgIpc) is 2.65. The first-order valence-corrected chi connectivity index (χ1v) is 12.0. The van der Waals surface area contributed by atoms with E-state index >= 15 is 0 Å². The van der Waals surface area contributed by atoms with Crippen molar-refractivity contribution in [2.75, 3.05) is 13.5 Å². The molecule has 0 bridgehead atoms. The Bertz CT molecular complexity index is 624. The van der Waals surface area contributed by atoms with Gasteiger partial charge in [0.2, 0.25) is 0 Å². The van der Waals surface area contributed by atoms with Crippen molar-refractivity contribution >= 4 is 43.5 Å². The van der Waals surface area contributed by atoms with E-state index in [1.807, 2.05) is 0 Å². The molecule has 1 atom stereocenters. The number of rotatable bonds is 6. The van der Waals surface area contributed by atoms with Gasteiger partial charge in [0.05, 0.1) is 0 Å². The predicted molar refractivity (Wildman–Crippen MR) is 114 cm³/mol. The van der Waals surface area contributed by atoms with Crippen LogP contribution < -0.4 is 15.9 Å². The summed E-state index contributed by atoms with van der Waals surface area (Å²) in [5.74, 6) is 0. The molecule has 3 aromatic carbocycles. The fourth-order valence-corrected chi connectivity index (χ4v) is 11.5. The molecule has 0 spiro atoms. The summed E-state index contributed by atoms with van der Waals surface area (Å²) in [4.78, 5) is 0. The van der Waals surface area contributed by atoms with Gasteiger partial charge in [0, 0.05) is 0 Å². The van der Waals surface area contributed by atoms with Crippen molar-refractivity contribution in [3.63, 3.8) is 0 Å². The Kier molecular flexibility index (Phi) is 7.40. The third-order valence-electron chi connectivity index (χ3n) is 4.10. The molecule has 126 valence electrons. The largest absolute Gasteiger partial charge is 0.147 e. The van der Waals surface area contributed by atoms with Crippen LogP contribution >= 0.6 is 27.6 Å². The van der Waals surface area contributed by atoms with E-state index in [1.165, 1.54) is 15.9 Å². The minimum atomic E-state index is -2.04. The van der Waals surface area contributed by atoms with E-state index in [0.717, 1.165) is 14.6 Å². The summed E-state index contributed by atoms with van der Waals surface area (Å²) < 4.78 is 5.51. The fraction of sp³-hybridized carbons (Fsp3) is 0.100. The van der Waals surface area contributed by atoms with Crippen LogP contribution in [0.4, 0.5) is 0 Å². The fourth-order valence-electron chi connectivity index (χ4n) is 3.05. The Morgan fingerprint density at radius 1 is 0.667 bits per heavy atom. The monoisotopic (exact) mass is 376 g/mol. The zero-order valence-corrected chi connectivity index (χ0v) is 16.5. The molecule has 0 saturated heterocycles. The molecule has 1 nitrogen and oxygen atoms in total. The van der Waals surface area contributed by atoms with Crippen molar-refractivity contribution in [3.05, 3.63) is 91.0 Å². The molecule has 0 aliphatic heterocycles. The van der Waals surface area contributed by atoms with Gasteiger partial charge in [-0.3, -0.25) is 0 Å².